The van der Waals surface area contributed by atoms with Gasteiger partial charge in [0.15, 0.2) is 0 Å². The van der Waals surface area contributed by atoms with Crippen molar-refractivity contribution in [1.29, 1.82) is 0 Å². The van der Waals surface area contributed by atoms with Crippen LogP contribution >= 0.6 is 34.7 Å². The van der Waals surface area contributed by atoms with Gasteiger partial charge in [0.25, 0.3) is 5.91 Å². The summed E-state index contributed by atoms with van der Waals surface area (Å²) in [7, 11) is 1.24. The zero-order valence-corrected chi connectivity index (χ0v) is 24.5. The number of para-hydroxylation sites is 1. The maximum atomic E-state index is 12.9. The summed E-state index contributed by atoms with van der Waals surface area (Å²) < 4.78 is 4.91. The monoisotopic (exact) mass is 607 g/mol. The second-order valence-electron chi connectivity index (χ2n) is 8.79. The van der Waals surface area contributed by atoms with Crippen molar-refractivity contribution in [2.75, 3.05) is 28.8 Å². The van der Waals surface area contributed by atoms with Crippen LogP contribution in [0.4, 0.5) is 16.4 Å². The van der Waals surface area contributed by atoms with E-state index in [1.54, 1.807) is 73.7 Å². The van der Waals surface area contributed by atoms with Crippen molar-refractivity contribution in [3.05, 3.63) is 105 Å². The fraction of sp³-hybridized carbons (Fsp3) is 0.133. The molecule has 4 aromatic rings. The average Bonchev–Trinajstić information content (AvgIpc) is 3.28. The molecule has 0 atom stereocenters. The number of rotatable bonds is 10. The molecule has 3 N–H and O–H groups in total. The van der Waals surface area contributed by atoms with Gasteiger partial charge in [-0.05, 0) is 60.5 Å². The van der Waals surface area contributed by atoms with Crippen molar-refractivity contribution in [3.8, 4) is 0 Å². The zero-order valence-electron chi connectivity index (χ0n) is 22.2. The number of ether oxygens (including phenoxy) is 1. The number of carbonyl (C=O) groups excluding carboxylic acids is 4. The van der Waals surface area contributed by atoms with E-state index < -0.39 is 11.9 Å². The van der Waals surface area contributed by atoms with Crippen molar-refractivity contribution in [2.45, 2.75) is 18.2 Å². The van der Waals surface area contributed by atoms with Gasteiger partial charge in [-0.3, -0.25) is 14.4 Å². The second kappa shape index (κ2) is 14.0. The van der Waals surface area contributed by atoms with Crippen molar-refractivity contribution in [2.24, 2.45) is 0 Å². The minimum absolute atomic E-state index is 0.0330. The summed E-state index contributed by atoms with van der Waals surface area (Å²) in [6, 6.07) is 23.2. The molecule has 41 heavy (non-hydrogen) atoms. The van der Waals surface area contributed by atoms with Crippen molar-refractivity contribution in [1.82, 2.24) is 0 Å². The Morgan fingerprint density at radius 1 is 0.854 bits per heavy atom. The fourth-order valence-corrected chi connectivity index (χ4v) is 5.83. The van der Waals surface area contributed by atoms with Crippen LogP contribution in [0.2, 0.25) is 5.02 Å². The van der Waals surface area contributed by atoms with Gasteiger partial charge < -0.3 is 20.7 Å². The Bertz CT molecular complexity index is 1570. The van der Waals surface area contributed by atoms with E-state index in [2.05, 4.69) is 16.0 Å². The van der Waals surface area contributed by atoms with Crippen LogP contribution < -0.4 is 16.0 Å². The lowest BCUT2D eigenvalue weighted by Crippen LogP contribution is -2.16. The van der Waals surface area contributed by atoms with Crippen LogP contribution in [-0.2, 0) is 20.7 Å². The van der Waals surface area contributed by atoms with Crippen molar-refractivity contribution in [3.63, 3.8) is 0 Å². The maximum absolute atomic E-state index is 12.9. The minimum atomic E-state index is -0.650. The number of methoxy groups -OCH3 is 1. The lowest BCUT2D eigenvalue weighted by Gasteiger charge is -2.08. The third kappa shape index (κ3) is 8.20. The molecule has 210 valence electrons. The highest BCUT2D eigenvalue weighted by atomic mass is 35.5. The average molecular weight is 608 g/mol. The van der Waals surface area contributed by atoms with Gasteiger partial charge in [-0.2, -0.15) is 0 Å². The molecule has 8 nitrogen and oxygen atoms in total. The number of esters is 1. The number of nitrogens with one attached hydrogen (secondary N) is 3. The van der Waals surface area contributed by atoms with Crippen molar-refractivity contribution >= 4 is 74.8 Å². The molecule has 0 bridgehead atoms. The summed E-state index contributed by atoms with van der Waals surface area (Å²) in [5.41, 5.74) is 2.60. The summed E-state index contributed by atoms with van der Waals surface area (Å²) >= 11 is 8.17. The molecule has 3 aromatic carbocycles. The van der Waals surface area contributed by atoms with Crippen LogP contribution in [0.15, 0.2) is 83.8 Å². The third-order valence-corrected chi connectivity index (χ3v) is 8.24. The summed E-state index contributed by atoms with van der Waals surface area (Å²) in [6.07, 6.45) is 0.199. The van der Waals surface area contributed by atoms with Crippen LogP contribution in [0.1, 0.15) is 31.2 Å². The smallest absolute Gasteiger partial charge is 0.341 e. The van der Waals surface area contributed by atoms with E-state index in [9.17, 15) is 19.2 Å². The Morgan fingerprint density at radius 3 is 2.27 bits per heavy atom. The molecule has 0 fully saturated rings. The summed E-state index contributed by atoms with van der Waals surface area (Å²) in [5, 5.41) is 9.26. The lowest BCUT2D eigenvalue weighted by molar-refractivity contribution is -0.115. The third-order valence-electron chi connectivity index (χ3n) is 5.79. The van der Waals surface area contributed by atoms with E-state index in [4.69, 9.17) is 16.3 Å². The molecule has 3 amide bonds. The first-order valence-electron chi connectivity index (χ1n) is 12.4. The number of benzene rings is 3. The summed E-state index contributed by atoms with van der Waals surface area (Å²) in [5.74, 6) is -1.56. The van der Waals surface area contributed by atoms with Crippen LogP contribution in [0.5, 0.6) is 0 Å². The molecule has 0 saturated carbocycles. The van der Waals surface area contributed by atoms with Gasteiger partial charge in [0, 0.05) is 21.3 Å². The summed E-state index contributed by atoms with van der Waals surface area (Å²) in [4.78, 5) is 51.8. The van der Waals surface area contributed by atoms with Crippen LogP contribution in [-0.4, -0.2) is 36.6 Å². The molecule has 4 rings (SSSR count). The summed E-state index contributed by atoms with van der Waals surface area (Å²) in [6.45, 7) is 1.64. The van der Waals surface area contributed by atoms with E-state index in [1.165, 1.54) is 18.9 Å². The molecule has 1 heterocycles. The number of thiophene rings is 1. The van der Waals surface area contributed by atoms with E-state index in [1.807, 2.05) is 12.1 Å². The van der Waals surface area contributed by atoms with Gasteiger partial charge >= 0.3 is 5.97 Å². The van der Waals surface area contributed by atoms with Gasteiger partial charge in [0.2, 0.25) is 11.8 Å². The fourth-order valence-electron chi connectivity index (χ4n) is 3.84. The van der Waals surface area contributed by atoms with Crippen LogP contribution in [0.3, 0.4) is 0 Å². The van der Waals surface area contributed by atoms with E-state index >= 15 is 0 Å². The van der Waals surface area contributed by atoms with Gasteiger partial charge in [0.05, 0.1) is 29.7 Å². The lowest BCUT2D eigenvalue weighted by atomic mass is 10.1. The van der Waals surface area contributed by atoms with Gasteiger partial charge in [-0.1, -0.05) is 48.0 Å². The predicted molar refractivity (Wildman–Crippen MR) is 164 cm³/mol. The van der Waals surface area contributed by atoms with E-state index in [0.29, 0.717) is 26.8 Å². The van der Waals surface area contributed by atoms with E-state index in [0.717, 1.165) is 21.8 Å². The standard InChI is InChI=1S/C30H26ClN3O5S2/c1-18-26(30(38)39-2)29(41-27(18)28(37)33-21-7-4-3-5-8-21)34-25(36)17-40-23-10-6-9-22(16-23)32-24(35)15-19-11-13-20(31)14-12-19/h3-14,16H,15,17H2,1-2H3,(H,32,35)(H,33,37)(H,34,36). The molecule has 0 aliphatic carbocycles. The molecular formula is C30H26ClN3O5S2. The Labute approximate surface area is 250 Å². The molecule has 1 aromatic heterocycles. The highest BCUT2D eigenvalue weighted by molar-refractivity contribution is 8.00. The van der Waals surface area contributed by atoms with Gasteiger partial charge in [-0.15, -0.1) is 23.1 Å². The topological polar surface area (TPSA) is 114 Å². The molecule has 0 saturated heterocycles. The number of thioether (sulfide) groups is 1. The van der Waals surface area contributed by atoms with Gasteiger partial charge in [-0.25, -0.2) is 4.79 Å². The number of halogens is 1. The zero-order chi connectivity index (χ0) is 29.4. The molecular weight excluding hydrogens is 582 g/mol. The largest absolute Gasteiger partial charge is 0.465 e. The normalized spacial score (nSPS) is 10.5. The first-order chi connectivity index (χ1) is 19.7. The Balaban J connectivity index is 1.39. The maximum Gasteiger partial charge on any atom is 0.341 e. The Kier molecular flexibility index (Phi) is 10.2. The number of carbonyl (C=O) groups is 4. The van der Waals surface area contributed by atoms with Crippen LogP contribution in [0.25, 0.3) is 0 Å². The molecule has 0 aliphatic heterocycles. The number of amides is 3. The first kappa shape index (κ1) is 29.9. The molecule has 0 radical (unpaired) electrons. The quantitative estimate of drug-likeness (QED) is 0.137. The van der Waals surface area contributed by atoms with Crippen molar-refractivity contribution < 1.29 is 23.9 Å². The molecule has 0 spiro atoms. The number of hydrogen-bond acceptors (Lipinski definition) is 7. The highest BCUT2D eigenvalue weighted by Gasteiger charge is 2.26. The first-order valence-corrected chi connectivity index (χ1v) is 14.6. The molecule has 11 heteroatoms. The van der Waals surface area contributed by atoms with Gasteiger partial charge in [0.1, 0.15) is 5.00 Å². The SMILES string of the molecule is COC(=O)c1c(NC(=O)CSc2cccc(NC(=O)Cc3ccc(Cl)cc3)c2)sc(C(=O)Nc2ccccc2)c1C. The second-order valence-corrected chi connectivity index (χ2v) is 11.3. The Morgan fingerprint density at radius 2 is 1.56 bits per heavy atom. The number of anilines is 3. The molecule has 0 unspecified atom stereocenters. The Hall–Kier alpha value is -4.12. The highest BCUT2D eigenvalue weighted by Crippen LogP contribution is 2.34. The van der Waals surface area contributed by atoms with E-state index in [-0.39, 0.29) is 34.6 Å². The minimum Gasteiger partial charge on any atom is -0.465 e. The molecule has 0 aliphatic rings. The predicted octanol–water partition coefficient (Wildman–Crippen LogP) is 6.66. The van der Waals surface area contributed by atoms with Crippen LogP contribution in [0, 0.1) is 6.92 Å². The number of hydrogen-bond donors (Lipinski definition) is 3.